The van der Waals surface area contributed by atoms with Crippen molar-refractivity contribution in [2.24, 2.45) is 0 Å². The Labute approximate surface area is 134 Å². The zero-order valence-corrected chi connectivity index (χ0v) is 14.2. The minimum atomic E-state index is 0.453. The van der Waals surface area contributed by atoms with Crippen molar-refractivity contribution in [3.63, 3.8) is 0 Å². The lowest BCUT2D eigenvalue weighted by molar-refractivity contribution is 0.188. The molecule has 1 atom stereocenters. The SMILES string of the molecule is CCCCN1CCC(NC(CC)c2ccc(Cl)cc2)CC1. The summed E-state index contributed by atoms with van der Waals surface area (Å²) in [6, 6.07) is 9.40. The summed E-state index contributed by atoms with van der Waals surface area (Å²) >= 11 is 5.98. The number of hydrogen-bond donors (Lipinski definition) is 1. The third kappa shape index (κ3) is 5.28. The van der Waals surface area contributed by atoms with Crippen molar-refractivity contribution in [3.05, 3.63) is 34.9 Å². The molecule has 0 saturated carbocycles. The Hall–Kier alpha value is -0.570. The third-order valence-corrected chi connectivity index (χ3v) is 4.78. The summed E-state index contributed by atoms with van der Waals surface area (Å²) in [4.78, 5) is 2.62. The number of unbranched alkanes of at least 4 members (excludes halogenated alkanes) is 1. The molecule has 0 aliphatic carbocycles. The van der Waals surface area contributed by atoms with Crippen molar-refractivity contribution < 1.29 is 0 Å². The highest BCUT2D eigenvalue weighted by atomic mass is 35.5. The predicted molar refractivity (Wildman–Crippen MR) is 92.0 cm³/mol. The lowest BCUT2D eigenvalue weighted by Crippen LogP contribution is -2.43. The van der Waals surface area contributed by atoms with E-state index in [0.29, 0.717) is 12.1 Å². The van der Waals surface area contributed by atoms with Crippen LogP contribution in [-0.4, -0.2) is 30.6 Å². The molecule has 2 rings (SSSR count). The van der Waals surface area contributed by atoms with Crippen LogP contribution in [0.25, 0.3) is 0 Å². The van der Waals surface area contributed by atoms with Crippen molar-refractivity contribution in [1.29, 1.82) is 0 Å². The van der Waals surface area contributed by atoms with E-state index in [0.717, 1.165) is 11.4 Å². The van der Waals surface area contributed by atoms with Crippen LogP contribution >= 0.6 is 11.6 Å². The fourth-order valence-electron chi connectivity index (χ4n) is 3.13. The van der Waals surface area contributed by atoms with E-state index in [4.69, 9.17) is 11.6 Å². The molecular formula is C18H29ClN2. The van der Waals surface area contributed by atoms with Crippen molar-refractivity contribution in [2.45, 2.75) is 58.0 Å². The molecule has 1 N–H and O–H groups in total. The van der Waals surface area contributed by atoms with Crippen LogP contribution in [0.1, 0.15) is 57.6 Å². The number of benzene rings is 1. The van der Waals surface area contributed by atoms with Gasteiger partial charge in [0.1, 0.15) is 0 Å². The Morgan fingerprint density at radius 2 is 1.86 bits per heavy atom. The number of piperidine rings is 1. The summed E-state index contributed by atoms with van der Waals surface area (Å²) in [6.07, 6.45) is 6.30. The average molecular weight is 309 g/mol. The number of nitrogens with zero attached hydrogens (tertiary/aromatic N) is 1. The van der Waals surface area contributed by atoms with Gasteiger partial charge >= 0.3 is 0 Å². The normalized spacial score (nSPS) is 18.8. The van der Waals surface area contributed by atoms with Crippen LogP contribution in [-0.2, 0) is 0 Å². The van der Waals surface area contributed by atoms with E-state index in [-0.39, 0.29) is 0 Å². The van der Waals surface area contributed by atoms with Gasteiger partial charge in [-0.15, -0.1) is 0 Å². The molecule has 0 radical (unpaired) electrons. The first-order chi connectivity index (χ1) is 10.2. The molecule has 2 nitrogen and oxygen atoms in total. The number of hydrogen-bond acceptors (Lipinski definition) is 2. The van der Waals surface area contributed by atoms with E-state index in [1.54, 1.807) is 0 Å². The summed E-state index contributed by atoms with van der Waals surface area (Å²) in [5.41, 5.74) is 1.36. The van der Waals surface area contributed by atoms with Gasteiger partial charge in [0.2, 0.25) is 0 Å². The number of likely N-dealkylation sites (tertiary alicyclic amines) is 1. The summed E-state index contributed by atoms with van der Waals surface area (Å²) < 4.78 is 0. The van der Waals surface area contributed by atoms with Crippen LogP contribution in [0.2, 0.25) is 5.02 Å². The Balaban J connectivity index is 1.82. The second-order valence-electron chi connectivity index (χ2n) is 6.15. The maximum Gasteiger partial charge on any atom is 0.0406 e. The van der Waals surface area contributed by atoms with Crippen molar-refractivity contribution >= 4 is 11.6 Å². The molecule has 1 aromatic rings. The first-order valence-corrected chi connectivity index (χ1v) is 8.84. The zero-order valence-electron chi connectivity index (χ0n) is 13.4. The van der Waals surface area contributed by atoms with Crippen LogP contribution < -0.4 is 5.32 Å². The van der Waals surface area contributed by atoms with Gasteiger partial charge in [0.25, 0.3) is 0 Å². The molecule has 1 fully saturated rings. The third-order valence-electron chi connectivity index (χ3n) is 4.53. The summed E-state index contributed by atoms with van der Waals surface area (Å²) in [7, 11) is 0. The standard InChI is InChI=1S/C18H29ClN2/c1-3-5-12-21-13-10-17(11-14-21)20-18(4-2)15-6-8-16(19)9-7-15/h6-9,17-18,20H,3-5,10-14H2,1-2H3. The summed E-state index contributed by atoms with van der Waals surface area (Å²) in [5, 5.41) is 4.67. The molecule has 0 amide bonds. The fourth-order valence-corrected chi connectivity index (χ4v) is 3.26. The van der Waals surface area contributed by atoms with Crippen molar-refractivity contribution in [1.82, 2.24) is 10.2 Å². The molecule has 1 heterocycles. The molecule has 1 saturated heterocycles. The Bertz CT molecular complexity index is 396. The Morgan fingerprint density at radius 3 is 2.43 bits per heavy atom. The monoisotopic (exact) mass is 308 g/mol. The van der Waals surface area contributed by atoms with E-state index >= 15 is 0 Å². The van der Waals surface area contributed by atoms with Gasteiger partial charge in [-0.05, 0) is 63.0 Å². The molecular weight excluding hydrogens is 280 g/mol. The minimum absolute atomic E-state index is 0.453. The Morgan fingerprint density at radius 1 is 1.19 bits per heavy atom. The molecule has 118 valence electrons. The quantitative estimate of drug-likeness (QED) is 0.789. The van der Waals surface area contributed by atoms with Crippen molar-refractivity contribution in [2.75, 3.05) is 19.6 Å². The largest absolute Gasteiger partial charge is 0.307 e. The van der Waals surface area contributed by atoms with Gasteiger partial charge in [0.05, 0.1) is 0 Å². The smallest absolute Gasteiger partial charge is 0.0406 e. The molecule has 1 aliphatic rings. The first-order valence-electron chi connectivity index (χ1n) is 8.46. The van der Waals surface area contributed by atoms with E-state index in [1.807, 2.05) is 12.1 Å². The van der Waals surface area contributed by atoms with Crippen LogP contribution in [0.15, 0.2) is 24.3 Å². The first kappa shape index (κ1) is 16.8. The van der Waals surface area contributed by atoms with Gasteiger partial charge in [0.15, 0.2) is 0 Å². The highest BCUT2D eigenvalue weighted by molar-refractivity contribution is 6.30. The van der Waals surface area contributed by atoms with Crippen LogP contribution in [0.4, 0.5) is 0 Å². The summed E-state index contributed by atoms with van der Waals surface area (Å²) in [6.45, 7) is 8.29. The molecule has 0 spiro atoms. The number of rotatable bonds is 7. The lowest BCUT2D eigenvalue weighted by atomic mass is 9.99. The second kappa shape index (κ2) is 8.77. The number of halogens is 1. The summed E-state index contributed by atoms with van der Waals surface area (Å²) in [5.74, 6) is 0. The molecule has 0 bridgehead atoms. The average Bonchev–Trinajstić information content (AvgIpc) is 2.53. The van der Waals surface area contributed by atoms with E-state index < -0.39 is 0 Å². The fraction of sp³-hybridized carbons (Fsp3) is 0.667. The van der Waals surface area contributed by atoms with E-state index in [2.05, 4.69) is 36.2 Å². The van der Waals surface area contributed by atoms with Crippen LogP contribution in [0.3, 0.4) is 0 Å². The van der Waals surface area contributed by atoms with Crippen molar-refractivity contribution in [3.8, 4) is 0 Å². The van der Waals surface area contributed by atoms with Gasteiger partial charge in [-0.25, -0.2) is 0 Å². The molecule has 1 aromatic carbocycles. The molecule has 1 unspecified atom stereocenters. The molecule has 3 heteroatoms. The topological polar surface area (TPSA) is 15.3 Å². The van der Waals surface area contributed by atoms with E-state index in [9.17, 15) is 0 Å². The molecule has 21 heavy (non-hydrogen) atoms. The maximum absolute atomic E-state index is 5.98. The zero-order chi connectivity index (χ0) is 15.1. The highest BCUT2D eigenvalue weighted by Gasteiger charge is 2.21. The number of nitrogens with one attached hydrogen (secondary N) is 1. The molecule has 1 aliphatic heterocycles. The highest BCUT2D eigenvalue weighted by Crippen LogP contribution is 2.22. The van der Waals surface area contributed by atoms with Gasteiger partial charge in [0, 0.05) is 17.1 Å². The van der Waals surface area contributed by atoms with Gasteiger partial charge < -0.3 is 10.2 Å². The van der Waals surface area contributed by atoms with Gasteiger partial charge in [-0.2, -0.15) is 0 Å². The van der Waals surface area contributed by atoms with E-state index in [1.165, 1.54) is 50.9 Å². The molecule has 0 aromatic heterocycles. The minimum Gasteiger partial charge on any atom is -0.307 e. The maximum atomic E-state index is 5.98. The van der Waals surface area contributed by atoms with Crippen LogP contribution in [0, 0.1) is 0 Å². The van der Waals surface area contributed by atoms with Gasteiger partial charge in [-0.3, -0.25) is 0 Å². The second-order valence-corrected chi connectivity index (χ2v) is 6.58. The van der Waals surface area contributed by atoms with Gasteiger partial charge in [-0.1, -0.05) is 44.0 Å². The van der Waals surface area contributed by atoms with Crippen LogP contribution in [0.5, 0.6) is 0 Å². The Kier molecular flexibility index (Phi) is 7.01. The lowest BCUT2D eigenvalue weighted by Gasteiger charge is -2.34. The predicted octanol–water partition coefficient (Wildman–Crippen LogP) is 4.65.